The average molecular weight is 289 g/mol. The zero-order valence-corrected chi connectivity index (χ0v) is 12.4. The minimum Gasteiger partial charge on any atom is -0.493 e. The van der Waals surface area contributed by atoms with Gasteiger partial charge in [-0.2, -0.15) is 5.26 Å². The van der Waals surface area contributed by atoms with Gasteiger partial charge in [0.05, 0.1) is 7.11 Å². The molecule has 0 N–H and O–H groups in total. The molecule has 0 aliphatic carbocycles. The Morgan fingerprint density at radius 3 is 2.64 bits per heavy atom. The molecule has 22 heavy (non-hydrogen) atoms. The fourth-order valence-electron chi connectivity index (χ4n) is 2.52. The maximum absolute atomic E-state index is 9.09. The number of nitrogens with zero attached hydrogens (tertiary/aromatic N) is 3. The van der Waals surface area contributed by atoms with Gasteiger partial charge in [-0.1, -0.05) is 18.2 Å². The first-order valence-electron chi connectivity index (χ1n) is 6.92. The van der Waals surface area contributed by atoms with Crippen LogP contribution in [0.1, 0.15) is 11.3 Å². The minimum absolute atomic E-state index is 0.311. The first-order chi connectivity index (χ1) is 10.7. The number of hydrogen-bond donors (Lipinski definition) is 0. The maximum atomic E-state index is 9.09. The zero-order valence-electron chi connectivity index (χ0n) is 12.4. The molecule has 2 aromatic heterocycles. The van der Waals surface area contributed by atoms with Crippen LogP contribution in [0.3, 0.4) is 0 Å². The molecule has 0 radical (unpaired) electrons. The SMILES string of the molecule is COc1c(C#N)ncc(-c2ccn(-c3ccccc3)c2)c1C. The van der Waals surface area contributed by atoms with Crippen molar-refractivity contribution in [3.63, 3.8) is 0 Å². The third kappa shape index (κ3) is 2.33. The van der Waals surface area contributed by atoms with E-state index in [2.05, 4.69) is 15.6 Å². The van der Waals surface area contributed by atoms with E-state index in [9.17, 15) is 0 Å². The first kappa shape index (κ1) is 13.9. The summed E-state index contributed by atoms with van der Waals surface area (Å²) in [5.74, 6) is 0.535. The van der Waals surface area contributed by atoms with E-state index in [0.29, 0.717) is 11.4 Å². The second kappa shape index (κ2) is 5.74. The smallest absolute Gasteiger partial charge is 0.182 e. The van der Waals surface area contributed by atoms with E-state index in [-0.39, 0.29) is 0 Å². The molecular weight excluding hydrogens is 274 g/mol. The molecule has 0 atom stereocenters. The van der Waals surface area contributed by atoms with E-state index >= 15 is 0 Å². The molecule has 0 fully saturated rings. The van der Waals surface area contributed by atoms with E-state index in [1.807, 2.05) is 55.7 Å². The standard InChI is InChI=1S/C18H15N3O/c1-13-16(11-20-17(10-19)18(13)22-2)14-8-9-21(12-14)15-6-4-3-5-7-15/h3-9,11-12H,1-2H3. The summed E-state index contributed by atoms with van der Waals surface area (Å²) in [7, 11) is 1.56. The Bertz CT molecular complexity index is 845. The summed E-state index contributed by atoms with van der Waals surface area (Å²) in [5.41, 5.74) is 4.33. The van der Waals surface area contributed by atoms with Gasteiger partial charge in [-0.3, -0.25) is 0 Å². The highest BCUT2D eigenvalue weighted by atomic mass is 16.5. The van der Waals surface area contributed by atoms with E-state index in [4.69, 9.17) is 10.00 Å². The number of aromatic nitrogens is 2. The van der Waals surface area contributed by atoms with Crippen LogP contribution >= 0.6 is 0 Å². The summed E-state index contributed by atoms with van der Waals surface area (Å²) in [5, 5.41) is 9.09. The van der Waals surface area contributed by atoms with Crippen molar-refractivity contribution in [2.75, 3.05) is 7.11 Å². The van der Waals surface area contributed by atoms with E-state index in [0.717, 1.165) is 22.4 Å². The molecule has 1 aromatic carbocycles. The first-order valence-corrected chi connectivity index (χ1v) is 6.92. The molecule has 0 aliphatic heterocycles. The highest BCUT2D eigenvalue weighted by Gasteiger charge is 2.14. The lowest BCUT2D eigenvalue weighted by atomic mass is 10.0. The van der Waals surface area contributed by atoms with Crippen LogP contribution < -0.4 is 4.74 Å². The fourth-order valence-corrected chi connectivity index (χ4v) is 2.52. The monoisotopic (exact) mass is 289 g/mol. The van der Waals surface area contributed by atoms with Crippen LogP contribution in [0.4, 0.5) is 0 Å². The van der Waals surface area contributed by atoms with Crippen LogP contribution in [-0.2, 0) is 0 Å². The van der Waals surface area contributed by atoms with Gasteiger partial charge >= 0.3 is 0 Å². The van der Waals surface area contributed by atoms with Crippen molar-refractivity contribution in [2.24, 2.45) is 0 Å². The molecule has 4 heteroatoms. The van der Waals surface area contributed by atoms with Crippen molar-refractivity contribution in [1.82, 2.24) is 9.55 Å². The molecule has 3 rings (SSSR count). The van der Waals surface area contributed by atoms with Crippen LogP contribution in [0.2, 0.25) is 0 Å². The van der Waals surface area contributed by atoms with Crippen molar-refractivity contribution in [2.45, 2.75) is 6.92 Å². The Morgan fingerprint density at radius 2 is 1.95 bits per heavy atom. The van der Waals surface area contributed by atoms with Crippen molar-refractivity contribution in [3.05, 3.63) is 66.2 Å². The molecule has 0 spiro atoms. The highest BCUT2D eigenvalue weighted by Crippen LogP contribution is 2.31. The van der Waals surface area contributed by atoms with Crippen LogP contribution in [-0.4, -0.2) is 16.7 Å². The second-order valence-corrected chi connectivity index (χ2v) is 4.93. The van der Waals surface area contributed by atoms with Crippen LogP contribution in [0.15, 0.2) is 55.0 Å². The fraction of sp³-hybridized carbons (Fsp3) is 0.111. The van der Waals surface area contributed by atoms with Gasteiger partial charge in [-0.15, -0.1) is 0 Å². The lowest BCUT2D eigenvalue weighted by molar-refractivity contribution is 0.408. The third-order valence-corrected chi connectivity index (χ3v) is 3.65. The molecule has 0 unspecified atom stereocenters. The van der Waals surface area contributed by atoms with Crippen LogP contribution in [0, 0.1) is 18.3 Å². The zero-order chi connectivity index (χ0) is 15.5. The molecule has 0 aliphatic rings. The molecule has 0 saturated carbocycles. The highest BCUT2D eigenvalue weighted by molar-refractivity contribution is 5.70. The summed E-state index contributed by atoms with van der Waals surface area (Å²) < 4.78 is 7.38. The van der Waals surface area contributed by atoms with Gasteiger partial charge in [0.25, 0.3) is 0 Å². The number of hydrogen-bond acceptors (Lipinski definition) is 3. The maximum Gasteiger partial charge on any atom is 0.182 e. The minimum atomic E-state index is 0.311. The van der Waals surface area contributed by atoms with Gasteiger partial charge < -0.3 is 9.30 Å². The molecule has 0 saturated heterocycles. The Balaban J connectivity index is 2.06. The van der Waals surface area contributed by atoms with Crippen molar-refractivity contribution < 1.29 is 4.74 Å². The normalized spacial score (nSPS) is 10.2. The topological polar surface area (TPSA) is 50.8 Å². The van der Waals surface area contributed by atoms with E-state index in [1.54, 1.807) is 13.3 Å². The number of benzene rings is 1. The molecule has 2 heterocycles. The average Bonchev–Trinajstić information content (AvgIpc) is 3.05. The molecule has 4 nitrogen and oxygen atoms in total. The summed E-state index contributed by atoms with van der Waals surface area (Å²) >= 11 is 0. The Hall–Kier alpha value is -3.06. The van der Waals surface area contributed by atoms with Gasteiger partial charge in [0, 0.05) is 41.0 Å². The number of nitriles is 1. The summed E-state index contributed by atoms with van der Waals surface area (Å²) in [6.07, 6.45) is 5.78. The number of ether oxygens (including phenoxy) is 1. The third-order valence-electron chi connectivity index (χ3n) is 3.65. The predicted octanol–water partition coefficient (Wildman–Crippen LogP) is 3.73. The van der Waals surface area contributed by atoms with Crippen LogP contribution in [0.5, 0.6) is 5.75 Å². The van der Waals surface area contributed by atoms with Gasteiger partial charge in [0.15, 0.2) is 11.4 Å². The Labute approximate surface area is 129 Å². The molecular formula is C18H15N3O. The summed E-state index contributed by atoms with van der Waals surface area (Å²) in [6.45, 7) is 1.94. The molecule has 0 amide bonds. The number of para-hydroxylation sites is 1. The summed E-state index contributed by atoms with van der Waals surface area (Å²) in [6, 6.07) is 14.2. The number of methoxy groups -OCH3 is 1. The lowest BCUT2D eigenvalue weighted by Gasteiger charge is -2.10. The number of rotatable bonds is 3. The van der Waals surface area contributed by atoms with Gasteiger partial charge in [0.2, 0.25) is 0 Å². The second-order valence-electron chi connectivity index (χ2n) is 4.93. The molecule has 3 aromatic rings. The molecule has 0 bridgehead atoms. The summed E-state index contributed by atoms with van der Waals surface area (Å²) in [4.78, 5) is 4.19. The lowest BCUT2D eigenvalue weighted by Crippen LogP contribution is -1.97. The Kier molecular flexibility index (Phi) is 3.63. The van der Waals surface area contributed by atoms with Crippen LogP contribution in [0.25, 0.3) is 16.8 Å². The predicted molar refractivity (Wildman–Crippen MR) is 85.0 cm³/mol. The van der Waals surface area contributed by atoms with Crippen molar-refractivity contribution in [1.29, 1.82) is 5.26 Å². The Morgan fingerprint density at radius 1 is 1.18 bits per heavy atom. The van der Waals surface area contributed by atoms with E-state index < -0.39 is 0 Å². The van der Waals surface area contributed by atoms with Crippen molar-refractivity contribution >= 4 is 0 Å². The van der Waals surface area contributed by atoms with E-state index in [1.165, 1.54) is 0 Å². The molecule has 108 valence electrons. The van der Waals surface area contributed by atoms with Crippen molar-refractivity contribution in [3.8, 4) is 28.6 Å². The quantitative estimate of drug-likeness (QED) is 0.738. The van der Waals surface area contributed by atoms with Gasteiger partial charge in [0.1, 0.15) is 6.07 Å². The van der Waals surface area contributed by atoms with Gasteiger partial charge in [-0.05, 0) is 25.1 Å². The van der Waals surface area contributed by atoms with Gasteiger partial charge in [-0.25, -0.2) is 4.98 Å². The number of pyridine rings is 1. The largest absolute Gasteiger partial charge is 0.493 e.